The molecule has 0 aromatic heterocycles. The van der Waals surface area contributed by atoms with E-state index in [9.17, 15) is 13.2 Å². The zero-order chi connectivity index (χ0) is 9.07. The van der Waals surface area contributed by atoms with Crippen LogP contribution in [0, 0.1) is 5.92 Å². The van der Waals surface area contributed by atoms with E-state index in [1.54, 1.807) is 0 Å². The topological polar surface area (TPSA) is 12.0 Å². The molecule has 0 radical (unpaired) electrons. The quantitative estimate of drug-likeness (QED) is 0.557. The van der Waals surface area contributed by atoms with Crippen molar-refractivity contribution in [2.75, 3.05) is 6.00 Å². The number of halogens is 5. The highest BCUT2D eigenvalue weighted by atomic mass is 35.5. The van der Waals surface area contributed by atoms with Crippen LogP contribution in [0.15, 0.2) is 0 Å². The van der Waals surface area contributed by atoms with Gasteiger partial charge in [0.1, 0.15) is 0 Å². The van der Waals surface area contributed by atoms with E-state index in [0.29, 0.717) is 0 Å². The van der Waals surface area contributed by atoms with Gasteiger partial charge < -0.3 is 0 Å². The molecule has 0 aromatic carbocycles. The van der Waals surface area contributed by atoms with Gasteiger partial charge in [0.2, 0.25) is 0 Å². The molecule has 0 aliphatic carbocycles. The molecule has 0 amide bonds. The fourth-order valence-corrected chi connectivity index (χ4v) is 0.882. The number of nitrogens with one attached hydrogen (secondary N) is 1. The fourth-order valence-electron chi connectivity index (χ4n) is 0.416. The van der Waals surface area contributed by atoms with Gasteiger partial charge >= 0.3 is 6.18 Å². The standard InChI is InChI=1S/C5H8Cl2F3N/c1-3(5(8,9)10)4(7)11-2-6/h3-4,11H,2H2,1H3/t3?,4-/m1/s1. The molecule has 1 nitrogen and oxygen atoms in total. The molecule has 0 heterocycles. The highest BCUT2D eigenvalue weighted by Gasteiger charge is 2.40. The zero-order valence-corrected chi connectivity index (χ0v) is 7.26. The molecule has 1 unspecified atom stereocenters. The molecule has 0 saturated carbocycles. The predicted molar refractivity (Wildman–Crippen MR) is 38.7 cm³/mol. The van der Waals surface area contributed by atoms with Crippen LogP contribution >= 0.6 is 23.2 Å². The van der Waals surface area contributed by atoms with Gasteiger partial charge in [-0.2, -0.15) is 13.2 Å². The Bertz CT molecular complexity index is 117. The van der Waals surface area contributed by atoms with Crippen LogP contribution in [0.25, 0.3) is 0 Å². The van der Waals surface area contributed by atoms with E-state index in [-0.39, 0.29) is 6.00 Å². The molecule has 0 rings (SSSR count). The third-order valence-electron chi connectivity index (χ3n) is 1.23. The Hall–Kier alpha value is 0.330. The molecule has 0 aliphatic heterocycles. The van der Waals surface area contributed by atoms with Gasteiger partial charge in [-0.3, -0.25) is 5.32 Å². The SMILES string of the molecule is CC([C@H](Cl)NCCl)C(F)(F)F. The summed E-state index contributed by atoms with van der Waals surface area (Å²) < 4.78 is 35.6. The maximum absolute atomic E-state index is 11.9. The molecule has 11 heavy (non-hydrogen) atoms. The molecule has 0 aromatic rings. The Labute approximate surface area is 72.9 Å². The minimum atomic E-state index is -4.27. The lowest BCUT2D eigenvalue weighted by molar-refractivity contribution is -0.171. The summed E-state index contributed by atoms with van der Waals surface area (Å²) in [5.41, 5.74) is -1.16. The van der Waals surface area contributed by atoms with Gasteiger partial charge in [0.15, 0.2) is 0 Å². The first kappa shape index (κ1) is 11.3. The normalized spacial score (nSPS) is 18.0. The summed E-state index contributed by atoms with van der Waals surface area (Å²) in [7, 11) is 0. The predicted octanol–water partition coefficient (Wildman–Crippen LogP) is 2.54. The van der Waals surface area contributed by atoms with Gasteiger partial charge in [-0.05, 0) is 0 Å². The summed E-state index contributed by atoms with van der Waals surface area (Å²) in [6.45, 7) is 0.997. The van der Waals surface area contributed by atoms with Crippen molar-refractivity contribution < 1.29 is 13.2 Å². The van der Waals surface area contributed by atoms with Crippen molar-refractivity contribution in [2.45, 2.75) is 18.6 Å². The number of rotatable bonds is 3. The molecular weight excluding hydrogens is 202 g/mol. The molecule has 0 spiro atoms. The summed E-state index contributed by atoms with van der Waals surface area (Å²) in [4.78, 5) is 0. The third kappa shape index (κ3) is 4.03. The van der Waals surface area contributed by atoms with E-state index in [1.165, 1.54) is 0 Å². The Balaban J connectivity index is 3.91. The largest absolute Gasteiger partial charge is 0.394 e. The molecule has 1 N–H and O–H groups in total. The zero-order valence-electron chi connectivity index (χ0n) is 5.75. The van der Waals surface area contributed by atoms with E-state index >= 15 is 0 Å². The lowest BCUT2D eigenvalue weighted by Gasteiger charge is -2.20. The number of hydrogen-bond acceptors (Lipinski definition) is 1. The average Bonchev–Trinajstić information content (AvgIpc) is 1.85. The van der Waals surface area contributed by atoms with E-state index in [2.05, 4.69) is 5.32 Å². The second-order valence-corrected chi connectivity index (χ2v) is 2.81. The van der Waals surface area contributed by atoms with Crippen molar-refractivity contribution in [3.8, 4) is 0 Å². The van der Waals surface area contributed by atoms with Crippen LogP contribution in [-0.4, -0.2) is 17.7 Å². The van der Waals surface area contributed by atoms with E-state index in [0.717, 1.165) is 6.92 Å². The second-order valence-electron chi connectivity index (χ2n) is 2.07. The second kappa shape index (κ2) is 4.38. The van der Waals surface area contributed by atoms with Gasteiger partial charge in [0, 0.05) is 0 Å². The minimum absolute atomic E-state index is 0.0887. The van der Waals surface area contributed by atoms with Gasteiger partial charge in [0.25, 0.3) is 0 Å². The molecule has 68 valence electrons. The smallest absolute Gasteiger partial charge is 0.287 e. The molecule has 0 bridgehead atoms. The molecule has 2 atom stereocenters. The van der Waals surface area contributed by atoms with E-state index in [1.807, 2.05) is 0 Å². The monoisotopic (exact) mass is 209 g/mol. The summed E-state index contributed by atoms with van der Waals surface area (Å²) in [5.74, 6) is -1.59. The van der Waals surface area contributed by atoms with Crippen molar-refractivity contribution in [3.63, 3.8) is 0 Å². The molecule has 0 fully saturated rings. The van der Waals surface area contributed by atoms with Crippen LogP contribution in [0.5, 0.6) is 0 Å². The van der Waals surface area contributed by atoms with Crippen molar-refractivity contribution >= 4 is 23.2 Å². The summed E-state index contributed by atoms with van der Waals surface area (Å²) in [5, 5.41) is 2.26. The molecule has 6 heteroatoms. The Morgan fingerprint density at radius 2 is 1.91 bits per heavy atom. The summed E-state index contributed by atoms with van der Waals surface area (Å²) in [6, 6.07) is -0.0887. The summed E-state index contributed by atoms with van der Waals surface area (Å²) in [6.07, 6.45) is -4.27. The van der Waals surface area contributed by atoms with Crippen LogP contribution < -0.4 is 5.32 Å². The molecule has 0 saturated heterocycles. The highest BCUT2D eigenvalue weighted by Crippen LogP contribution is 2.29. The first-order valence-corrected chi connectivity index (χ1v) is 3.86. The highest BCUT2D eigenvalue weighted by molar-refractivity contribution is 6.22. The maximum Gasteiger partial charge on any atom is 0.394 e. The van der Waals surface area contributed by atoms with Gasteiger partial charge in [0.05, 0.1) is 17.4 Å². The van der Waals surface area contributed by atoms with Crippen molar-refractivity contribution in [1.29, 1.82) is 0 Å². The average molecular weight is 210 g/mol. The van der Waals surface area contributed by atoms with Crippen molar-refractivity contribution in [2.24, 2.45) is 5.92 Å². The Morgan fingerprint density at radius 3 is 2.18 bits per heavy atom. The van der Waals surface area contributed by atoms with Gasteiger partial charge in [-0.15, -0.1) is 23.2 Å². The van der Waals surface area contributed by atoms with E-state index < -0.39 is 17.6 Å². The van der Waals surface area contributed by atoms with Crippen LogP contribution in [0.1, 0.15) is 6.92 Å². The van der Waals surface area contributed by atoms with Crippen LogP contribution in [0.4, 0.5) is 13.2 Å². The third-order valence-corrected chi connectivity index (χ3v) is 1.91. The Morgan fingerprint density at radius 1 is 1.45 bits per heavy atom. The lowest BCUT2D eigenvalue weighted by Crippen LogP contribution is -2.37. The first-order valence-electron chi connectivity index (χ1n) is 2.89. The van der Waals surface area contributed by atoms with E-state index in [4.69, 9.17) is 23.2 Å². The number of hydrogen-bond donors (Lipinski definition) is 1. The first-order chi connectivity index (χ1) is 4.89. The maximum atomic E-state index is 11.9. The summed E-state index contributed by atoms with van der Waals surface area (Å²) >= 11 is 10.4. The number of alkyl halides is 5. The minimum Gasteiger partial charge on any atom is -0.287 e. The van der Waals surface area contributed by atoms with Gasteiger partial charge in [-0.1, -0.05) is 6.92 Å². The van der Waals surface area contributed by atoms with Gasteiger partial charge in [-0.25, -0.2) is 0 Å². The van der Waals surface area contributed by atoms with Crippen LogP contribution in [-0.2, 0) is 0 Å². The Kier molecular flexibility index (Phi) is 4.51. The van der Waals surface area contributed by atoms with Crippen LogP contribution in [0.2, 0.25) is 0 Å². The fraction of sp³-hybridized carbons (Fsp3) is 1.00. The molecule has 0 aliphatic rings. The lowest BCUT2D eigenvalue weighted by atomic mass is 10.2. The molecular formula is C5H8Cl2F3N. The van der Waals surface area contributed by atoms with Crippen molar-refractivity contribution in [1.82, 2.24) is 5.32 Å². The van der Waals surface area contributed by atoms with Crippen molar-refractivity contribution in [3.05, 3.63) is 0 Å². The van der Waals surface area contributed by atoms with Crippen LogP contribution in [0.3, 0.4) is 0 Å².